The standard InChI is InChI=1S/C14H24N4O/c1-4-10(2)18(3)8-7-17-13-6-5-11(14(16)19)9-12(13)15/h5-6,9-10,17H,4,7-8,15H2,1-3H3,(H2,16,19). The number of nitrogens with one attached hydrogen (secondary N) is 1. The molecule has 5 N–H and O–H groups in total. The fraction of sp³-hybridized carbons (Fsp3) is 0.500. The van der Waals surface area contributed by atoms with Crippen LogP contribution in [0.4, 0.5) is 11.4 Å². The van der Waals surface area contributed by atoms with E-state index in [0.29, 0.717) is 17.3 Å². The number of likely N-dealkylation sites (N-methyl/N-ethyl adjacent to an activating group) is 1. The summed E-state index contributed by atoms with van der Waals surface area (Å²) in [6.07, 6.45) is 1.13. The maximum atomic E-state index is 11.0. The minimum atomic E-state index is -0.463. The maximum Gasteiger partial charge on any atom is 0.248 e. The largest absolute Gasteiger partial charge is 0.397 e. The van der Waals surface area contributed by atoms with Crippen LogP contribution in [0.15, 0.2) is 18.2 Å². The number of benzene rings is 1. The molecule has 0 heterocycles. The molecule has 19 heavy (non-hydrogen) atoms. The van der Waals surface area contributed by atoms with Crippen LogP contribution in [0, 0.1) is 0 Å². The van der Waals surface area contributed by atoms with Crippen LogP contribution in [-0.2, 0) is 0 Å². The molecule has 0 aliphatic heterocycles. The van der Waals surface area contributed by atoms with Crippen LogP contribution in [0.1, 0.15) is 30.6 Å². The predicted octanol–water partition coefficient (Wildman–Crippen LogP) is 1.51. The summed E-state index contributed by atoms with van der Waals surface area (Å²) in [5.41, 5.74) is 12.9. The molecular formula is C14H24N4O. The van der Waals surface area contributed by atoms with Crippen molar-refractivity contribution in [1.82, 2.24) is 4.90 Å². The fourth-order valence-corrected chi connectivity index (χ4v) is 1.78. The van der Waals surface area contributed by atoms with E-state index in [1.54, 1.807) is 18.2 Å². The topological polar surface area (TPSA) is 84.4 Å². The van der Waals surface area contributed by atoms with E-state index < -0.39 is 5.91 Å². The van der Waals surface area contributed by atoms with E-state index in [1.165, 1.54) is 0 Å². The number of anilines is 2. The van der Waals surface area contributed by atoms with Gasteiger partial charge < -0.3 is 21.7 Å². The van der Waals surface area contributed by atoms with Crippen LogP contribution in [0.5, 0.6) is 0 Å². The average molecular weight is 264 g/mol. The SMILES string of the molecule is CCC(C)N(C)CCNc1ccc(C(N)=O)cc1N. The number of hydrogen-bond acceptors (Lipinski definition) is 4. The number of nitrogens with two attached hydrogens (primary N) is 2. The summed E-state index contributed by atoms with van der Waals surface area (Å²) < 4.78 is 0. The minimum Gasteiger partial charge on any atom is -0.397 e. The van der Waals surface area contributed by atoms with E-state index in [2.05, 4.69) is 31.1 Å². The van der Waals surface area contributed by atoms with Crippen LogP contribution in [0.25, 0.3) is 0 Å². The monoisotopic (exact) mass is 264 g/mol. The van der Waals surface area contributed by atoms with Gasteiger partial charge in [0.2, 0.25) is 5.91 Å². The Hall–Kier alpha value is -1.75. The molecule has 1 atom stereocenters. The normalized spacial score (nSPS) is 12.4. The zero-order valence-electron chi connectivity index (χ0n) is 11.9. The van der Waals surface area contributed by atoms with Crippen molar-refractivity contribution >= 4 is 17.3 Å². The zero-order valence-corrected chi connectivity index (χ0v) is 11.9. The lowest BCUT2D eigenvalue weighted by molar-refractivity contribution is 0.100. The smallest absolute Gasteiger partial charge is 0.248 e. The lowest BCUT2D eigenvalue weighted by Gasteiger charge is -2.23. The molecule has 1 unspecified atom stereocenters. The Kier molecular flexibility index (Phi) is 5.63. The molecule has 5 heteroatoms. The highest BCUT2D eigenvalue weighted by atomic mass is 16.1. The predicted molar refractivity (Wildman–Crippen MR) is 80.2 cm³/mol. The minimum absolute atomic E-state index is 0.430. The molecule has 0 bridgehead atoms. The van der Waals surface area contributed by atoms with Gasteiger partial charge in [-0.05, 0) is 38.6 Å². The molecule has 1 rings (SSSR count). The van der Waals surface area contributed by atoms with E-state index in [0.717, 1.165) is 25.2 Å². The summed E-state index contributed by atoms with van der Waals surface area (Å²) in [6.45, 7) is 6.12. The highest BCUT2D eigenvalue weighted by Crippen LogP contribution is 2.19. The molecule has 106 valence electrons. The third-order valence-electron chi connectivity index (χ3n) is 3.46. The molecule has 0 saturated carbocycles. The van der Waals surface area contributed by atoms with Gasteiger partial charge in [0.05, 0.1) is 11.4 Å². The quantitative estimate of drug-likeness (QED) is 0.652. The molecule has 0 spiro atoms. The van der Waals surface area contributed by atoms with Gasteiger partial charge in [-0.15, -0.1) is 0 Å². The van der Waals surface area contributed by atoms with Crippen LogP contribution in [0.2, 0.25) is 0 Å². The second-order valence-electron chi connectivity index (χ2n) is 4.83. The summed E-state index contributed by atoms with van der Waals surface area (Å²) in [7, 11) is 2.11. The summed E-state index contributed by atoms with van der Waals surface area (Å²) >= 11 is 0. The first-order valence-electron chi connectivity index (χ1n) is 6.59. The molecular weight excluding hydrogens is 240 g/mol. The van der Waals surface area contributed by atoms with Gasteiger partial charge in [0.25, 0.3) is 0 Å². The number of nitrogens with zero attached hydrogens (tertiary/aromatic N) is 1. The molecule has 5 nitrogen and oxygen atoms in total. The Bertz CT molecular complexity index is 433. The summed E-state index contributed by atoms with van der Waals surface area (Å²) in [5, 5.41) is 3.27. The molecule has 0 fully saturated rings. The Balaban J connectivity index is 2.52. The molecule has 0 radical (unpaired) electrons. The van der Waals surface area contributed by atoms with Crippen LogP contribution in [-0.4, -0.2) is 37.0 Å². The first-order valence-corrected chi connectivity index (χ1v) is 6.59. The molecule has 1 amide bonds. The Morgan fingerprint density at radius 3 is 2.68 bits per heavy atom. The second-order valence-corrected chi connectivity index (χ2v) is 4.83. The van der Waals surface area contributed by atoms with Gasteiger partial charge in [0, 0.05) is 24.7 Å². The van der Waals surface area contributed by atoms with Crippen molar-refractivity contribution in [1.29, 1.82) is 0 Å². The van der Waals surface area contributed by atoms with Gasteiger partial charge in [-0.3, -0.25) is 4.79 Å². The Labute approximate surface area is 115 Å². The summed E-state index contributed by atoms with van der Waals surface area (Å²) in [6, 6.07) is 5.64. The average Bonchev–Trinajstić information content (AvgIpc) is 2.39. The van der Waals surface area contributed by atoms with Crippen molar-refractivity contribution in [2.75, 3.05) is 31.2 Å². The van der Waals surface area contributed by atoms with Gasteiger partial charge in [-0.2, -0.15) is 0 Å². The Morgan fingerprint density at radius 2 is 2.16 bits per heavy atom. The van der Waals surface area contributed by atoms with E-state index in [-0.39, 0.29) is 0 Å². The van der Waals surface area contributed by atoms with Crippen molar-refractivity contribution in [3.63, 3.8) is 0 Å². The maximum absolute atomic E-state index is 11.0. The van der Waals surface area contributed by atoms with E-state index in [9.17, 15) is 4.79 Å². The summed E-state index contributed by atoms with van der Waals surface area (Å²) in [5.74, 6) is -0.463. The second kappa shape index (κ2) is 6.99. The summed E-state index contributed by atoms with van der Waals surface area (Å²) in [4.78, 5) is 13.3. The molecule has 1 aromatic carbocycles. The number of rotatable bonds is 7. The van der Waals surface area contributed by atoms with Crippen LogP contribution >= 0.6 is 0 Å². The van der Waals surface area contributed by atoms with Crippen molar-refractivity contribution in [3.8, 4) is 0 Å². The fourth-order valence-electron chi connectivity index (χ4n) is 1.78. The van der Waals surface area contributed by atoms with Crippen molar-refractivity contribution in [2.45, 2.75) is 26.3 Å². The van der Waals surface area contributed by atoms with Gasteiger partial charge >= 0.3 is 0 Å². The highest BCUT2D eigenvalue weighted by Gasteiger charge is 2.07. The number of hydrogen-bond donors (Lipinski definition) is 3. The van der Waals surface area contributed by atoms with Crippen molar-refractivity contribution in [3.05, 3.63) is 23.8 Å². The lowest BCUT2D eigenvalue weighted by Crippen LogP contribution is -2.32. The molecule has 1 aromatic rings. The zero-order chi connectivity index (χ0) is 14.4. The van der Waals surface area contributed by atoms with Crippen LogP contribution < -0.4 is 16.8 Å². The third-order valence-corrected chi connectivity index (χ3v) is 3.46. The number of carbonyl (C=O) groups is 1. The number of nitrogen functional groups attached to an aromatic ring is 1. The van der Waals surface area contributed by atoms with E-state index >= 15 is 0 Å². The van der Waals surface area contributed by atoms with E-state index in [4.69, 9.17) is 11.5 Å². The molecule has 0 saturated heterocycles. The molecule has 0 aliphatic carbocycles. The Morgan fingerprint density at radius 1 is 1.47 bits per heavy atom. The number of carbonyl (C=O) groups excluding carboxylic acids is 1. The first kappa shape index (κ1) is 15.3. The first-order chi connectivity index (χ1) is 8.95. The number of amides is 1. The van der Waals surface area contributed by atoms with Crippen molar-refractivity contribution in [2.24, 2.45) is 5.73 Å². The van der Waals surface area contributed by atoms with Gasteiger partial charge in [-0.1, -0.05) is 6.92 Å². The number of primary amides is 1. The van der Waals surface area contributed by atoms with Crippen molar-refractivity contribution < 1.29 is 4.79 Å². The van der Waals surface area contributed by atoms with Gasteiger partial charge in [0.15, 0.2) is 0 Å². The third kappa shape index (κ3) is 4.44. The molecule has 0 aliphatic rings. The van der Waals surface area contributed by atoms with Gasteiger partial charge in [-0.25, -0.2) is 0 Å². The van der Waals surface area contributed by atoms with Crippen LogP contribution in [0.3, 0.4) is 0 Å². The van der Waals surface area contributed by atoms with Gasteiger partial charge in [0.1, 0.15) is 0 Å². The highest BCUT2D eigenvalue weighted by molar-refractivity contribution is 5.94. The lowest BCUT2D eigenvalue weighted by atomic mass is 10.1. The molecule has 0 aromatic heterocycles. The van der Waals surface area contributed by atoms with E-state index in [1.807, 2.05) is 0 Å².